The van der Waals surface area contributed by atoms with Crippen LogP contribution in [0.25, 0.3) is 0 Å². The van der Waals surface area contributed by atoms with Crippen LogP contribution in [0, 0.1) is 18.8 Å². The number of rotatable bonds is 7. The van der Waals surface area contributed by atoms with E-state index in [-0.39, 0.29) is 5.91 Å². The van der Waals surface area contributed by atoms with Crippen molar-refractivity contribution in [1.82, 2.24) is 4.90 Å². The SMILES string of the molecule is Cc1cc(N)cc(C(=O)N(CCC(C)C)CCC(C)C)c1. The van der Waals surface area contributed by atoms with E-state index in [1.165, 1.54) is 0 Å². The number of amides is 1. The summed E-state index contributed by atoms with van der Waals surface area (Å²) in [4.78, 5) is 14.7. The molecule has 0 heterocycles. The van der Waals surface area contributed by atoms with Gasteiger partial charge in [-0.15, -0.1) is 0 Å². The summed E-state index contributed by atoms with van der Waals surface area (Å²) in [6.07, 6.45) is 2.07. The van der Waals surface area contributed by atoms with E-state index in [4.69, 9.17) is 5.73 Å². The average Bonchev–Trinajstić information content (AvgIpc) is 2.36. The van der Waals surface area contributed by atoms with Gasteiger partial charge in [-0.3, -0.25) is 4.79 Å². The molecule has 21 heavy (non-hydrogen) atoms. The maximum Gasteiger partial charge on any atom is 0.253 e. The van der Waals surface area contributed by atoms with Crippen molar-refractivity contribution in [1.29, 1.82) is 0 Å². The number of nitrogens with two attached hydrogens (primary N) is 1. The first-order chi connectivity index (χ1) is 9.79. The quantitative estimate of drug-likeness (QED) is 0.768. The molecular formula is C18H30N2O. The van der Waals surface area contributed by atoms with E-state index in [1.54, 1.807) is 6.07 Å². The van der Waals surface area contributed by atoms with Crippen LogP contribution in [-0.4, -0.2) is 23.9 Å². The van der Waals surface area contributed by atoms with E-state index < -0.39 is 0 Å². The molecule has 0 unspecified atom stereocenters. The molecule has 3 nitrogen and oxygen atoms in total. The Balaban J connectivity index is 2.86. The Bertz CT molecular complexity index is 434. The molecule has 0 spiro atoms. The summed E-state index contributed by atoms with van der Waals surface area (Å²) < 4.78 is 0. The molecule has 1 amide bonds. The number of aryl methyl sites for hydroxylation is 1. The lowest BCUT2D eigenvalue weighted by Gasteiger charge is -2.25. The van der Waals surface area contributed by atoms with Gasteiger partial charge in [0.2, 0.25) is 0 Å². The van der Waals surface area contributed by atoms with Gasteiger partial charge < -0.3 is 10.6 Å². The summed E-state index contributed by atoms with van der Waals surface area (Å²) in [5, 5.41) is 0. The topological polar surface area (TPSA) is 46.3 Å². The van der Waals surface area contributed by atoms with E-state index in [0.29, 0.717) is 23.1 Å². The zero-order chi connectivity index (χ0) is 16.0. The molecule has 1 rings (SSSR count). The average molecular weight is 290 g/mol. The third-order valence-electron chi connectivity index (χ3n) is 3.59. The summed E-state index contributed by atoms with van der Waals surface area (Å²) >= 11 is 0. The number of benzene rings is 1. The predicted molar refractivity (Wildman–Crippen MR) is 90.4 cm³/mol. The minimum Gasteiger partial charge on any atom is -0.399 e. The molecule has 118 valence electrons. The van der Waals surface area contributed by atoms with Crippen molar-refractivity contribution in [3.63, 3.8) is 0 Å². The van der Waals surface area contributed by atoms with Crippen LogP contribution in [0.2, 0.25) is 0 Å². The molecule has 0 aliphatic heterocycles. The molecule has 0 saturated heterocycles. The lowest BCUT2D eigenvalue weighted by molar-refractivity contribution is 0.0741. The van der Waals surface area contributed by atoms with Gasteiger partial charge in [0.05, 0.1) is 0 Å². The normalized spacial score (nSPS) is 11.2. The second-order valence-electron chi connectivity index (χ2n) is 6.79. The number of nitrogens with zero attached hydrogens (tertiary/aromatic N) is 1. The van der Waals surface area contributed by atoms with Crippen LogP contribution in [0.4, 0.5) is 5.69 Å². The molecule has 3 heteroatoms. The fraction of sp³-hybridized carbons (Fsp3) is 0.611. The molecule has 0 fully saturated rings. The molecule has 0 aromatic heterocycles. The number of anilines is 1. The summed E-state index contributed by atoms with van der Waals surface area (Å²) in [6.45, 7) is 12.4. The van der Waals surface area contributed by atoms with Crippen LogP contribution in [-0.2, 0) is 0 Å². The Labute approximate surface area is 129 Å². The highest BCUT2D eigenvalue weighted by Crippen LogP contribution is 2.15. The fourth-order valence-corrected chi connectivity index (χ4v) is 2.26. The smallest absolute Gasteiger partial charge is 0.253 e. The van der Waals surface area contributed by atoms with Crippen LogP contribution < -0.4 is 5.73 Å². The second kappa shape index (κ2) is 8.06. The summed E-state index contributed by atoms with van der Waals surface area (Å²) in [6, 6.07) is 5.60. The molecular weight excluding hydrogens is 260 g/mol. The number of carbonyl (C=O) groups excluding carboxylic acids is 1. The zero-order valence-electron chi connectivity index (χ0n) is 14.1. The lowest BCUT2D eigenvalue weighted by atomic mass is 10.1. The zero-order valence-corrected chi connectivity index (χ0v) is 14.1. The number of nitrogen functional groups attached to an aromatic ring is 1. The Morgan fingerprint density at radius 2 is 1.57 bits per heavy atom. The van der Waals surface area contributed by atoms with Gasteiger partial charge in [0.1, 0.15) is 0 Å². The van der Waals surface area contributed by atoms with Crippen LogP contribution in [0.3, 0.4) is 0 Å². The first kappa shape index (κ1) is 17.5. The van der Waals surface area contributed by atoms with Crippen molar-refractivity contribution < 1.29 is 4.79 Å². The van der Waals surface area contributed by atoms with Crippen LogP contribution in [0.5, 0.6) is 0 Å². The van der Waals surface area contributed by atoms with Crippen molar-refractivity contribution in [3.8, 4) is 0 Å². The van der Waals surface area contributed by atoms with Crippen LogP contribution >= 0.6 is 0 Å². The minimum atomic E-state index is 0.103. The Kier molecular flexibility index (Phi) is 6.73. The number of carbonyl (C=O) groups is 1. The van der Waals surface area contributed by atoms with Gasteiger partial charge in [-0.2, -0.15) is 0 Å². The molecule has 0 saturated carbocycles. The molecule has 0 bridgehead atoms. The minimum absolute atomic E-state index is 0.103. The van der Waals surface area contributed by atoms with E-state index in [9.17, 15) is 4.79 Å². The first-order valence-corrected chi connectivity index (χ1v) is 7.96. The van der Waals surface area contributed by atoms with Crippen molar-refractivity contribution >= 4 is 11.6 Å². The Morgan fingerprint density at radius 1 is 1.05 bits per heavy atom. The van der Waals surface area contributed by atoms with Crippen molar-refractivity contribution in [2.45, 2.75) is 47.5 Å². The molecule has 0 radical (unpaired) electrons. The van der Waals surface area contributed by atoms with Gasteiger partial charge in [0, 0.05) is 24.3 Å². The maximum atomic E-state index is 12.7. The third-order valence-corrected chi connectivity index (χ3v) is 3.59. The molecule has 2 N–H and O–H groups in total. The molecule has 1 aromatic rings. The highest BCUT2D eigenvalue weighted by atomic mass is 16.2. The van der Waals surface area contributed by atoms with Crippen LogP contribution in [0.1, 0.15) is 56.5 Å². The Hall–Kier alpha value is -1.51. The number of hydrogen-bond donors (Lipinski definition) is 1. The van der Waals surface area contributed by atoms with Crippen LogP contribution in [0.15, 0.2) is 18.2 Å². The molecule has 0 aliphatic carbocycles. The second-order valence-corrected chi connectivity index (χ2v) is 6.79. The van der Waals surface area contributed by atoms with Gasteiger partial charge in [-0.25, -0.2) is 0 Å². The van der Waals surface area contributed by atoms with Crippen molar-refractivity contribution in [2.75, 3.05) is 18.8 Å². The summed E-state index contributed by atoms with van der Waals surface area (Å²) in [7, 11) is 0. The summed E-state index contributed by atoms with van der Waals surface area (Å²) in [5.74, 6) is 1.30. The van der Waals surface area contributed by atoms with Gasteiger partial charge in [0.15, 0.2) is 0 Å². The Morgan fingerprint density at radius 3 is 2.00 bits per heavy atom. The van der Waals surface area contributed by atoms with Crippen molar-refractivity contribution in [3.05, 3.63) is 29.3 Å². The predicted octanol–water partition coefficient (Wildman–Crippen LogP) is 4.11. The van der Waals surface area contributed by atoms with Gasteiger partial charge in [-0.05, 0) is 55.4 Å². The van der Waals surface area contributed by atoms with Gasteiger partial charge in [-0.1, -0.05) is 27.7 Å². The molecule has 1 aromatic carbocycles. The molecule has 0 atom stereocenters. The van der Waals surface area contributed by atoms with E-state index in [1.807, 2.05) is 24.0 Å². The van der Waals surface area contributed by atoms with E-state index >= 15 is 0 Å². The maximum absolute atomic E-state index is 12.7. The highest BCUT2D eigenvalue weighted by Gasteiger charge is 2.17. The largest absolute Gasteiger partial charge is 0.399 e. The van der Waals surface area contributed by atoms with Gasteiger partial charge >= 0.3 is 0 Å². The van der Waals surface area contributed by atoms with Crippen molar-refractivity contribution in [2.24, 2.45) is 11.8 Å². The standard InChI is InChI=1S/C18H30N2O/c1-13(2)6-8-20(9-7-14(3)4)18(21)16-10-15(5)11-17(19)12-16/h10-14H,6-9,19H2,1-5H3. The van der Waals surface area contributed by atoms with Gasteiger partial charge in [0.25, 0.3) is 5.91 Å². The summed E-state index contributed by atoms with van der Waals surface area (Å²) in [5.41, 5.74) is 8.27. The number of hydrogen-bond acceptors (Lipinski definition) is 2. The monoisotopic (exact) mass is 290 g/mol. The van der Waals surface area contributed by atoms with E-state index in [2.05, 4.69) is 27.7 Å². The third kappa shape index (κ3) is 6.19. The first-order valence-electron chi connectivity index (χ1n) is 7.96. The lowest BCUT2D eigenvalue weighted by Crippen LogP contribution is -2.34. The highest BCUT2D eigenvalue weighted by molar-refractivity contribution is 5.95. The molecule has 0 aliphatic rings. The fourth-order valence-electron chi connectivity index (χ4n) is 2.26. The van der Waals surface area contributed by atoms with E-state index in [0.717, 1.165) is 31.5 Å².